The molecule has 1 aliphatic rings. The molecule has 0 radical (unpaired) electrons. The third-order valence-corrected chi connectivity index (χ3v) is 2.73. The second kappa shape index (κ2) is 5.82. The predicted octanol–water partition coefficient (Wildman–Crippen LogP) is 1.44. The molecule has 0 spiro atoms. The number of hydrogen-bond donors (Lipinski definition) is 1. The summed E-state index contributed by atoms with van der Waals surface area (Å²) in [5.41, 5.74) is 0. The quantitative estimate of drug-likeness (QED) is 0.860. The van der Waals surface area contributed by atoms with E-state index in [9.17, 15) is 0 Å². The van der Waals surface area contributed by atoms with Gasteiger partial charge in [0.15, 0.2) is 0 Å². The number of nitrogens with one attached hydrogen (secondary N) is 1. The van der Waals surface area contributed by atoms with E-state index in [1.807, 2.05) is 13.0 Å². The fraction of sp³-hybridized carbons (Fsp3) is 0.667. The maximum Gasteiger partial charge on any atom is 0.134 e. The largest absolute Gasteiger partial charge is 0.380 e. The van der Waals surface area contributed by atoms with Crippen molar-refractivity contribution in [2.75, 3.05) is 43.1 Å². The highest BCUT2D eigenvalue weighted by Gasteiger charge is 2.12. The van der Waals surface area contributed by atoms with Gasteiger partial charge in [0.2, 0.25) is 0 Å². The van der Waals surface area contributed by atoms with Crippen molar-refractivity contribution in [3.05, 3.63) is 11.9 Å². The minimum Gasteiger partial charge on any atom is -0.380 e. The molecule has 1 aliphatic heterocycles. The number of ether oxygens (including phenoxy) is 1. The summed E-state index contributed by atoms with van der Waals surface area (Å²) in [4.78, 5) is 11.1. The number of aromatic nitrogens is 2. The molecule has 1 fully saturated rings. The Morgan fingerprint density at radius 1 is 1.35 bits per heavy atom. The molecule has 94 valence electrons. The molecule has 0 aromatic carbocycles. The molecule has 0 amide bonds. The van der Waals surface area contributed by atoms with Crippen LogP contribution in [0.5, 0.6) is 0 Å². The van der Waals surface area contributed by atoms with E-state index in [0.29, 0.717) is 0 Å². The Bertz CT molecular complexity index is 362. The second-order valence-electron chi connectivity index (χ2n) is 4.14. The van der Waals surface area contributed by atoms with E-state index in [4.69, 9.17) is 4.74 Å². The molecule has 2 heterocycles. The van der Waals surface area contributed by atoms with Gasteiger partial charge in [0.05, 0.1) is 6.61 Å². The lowest BCUT2D eigenvalue weighted by molar-refractivity contribution is 0.152. The van der Waals surface area contributed by atoms with Crippen molar-refractivity contribution < 1.29 is 4.74 Å². The van der Waals surface area contributed by atoms with E-state index in [0.717, 1.165) is 56.7 Å². The molecule has 2 rings (SSSR count). The third kappa shape index (κ3) is 3.30. The summed E-state index contributed by atoms with van der Waals surface area (Å²) in [5.74, 6) is 2.71. The molecule has 5 heteroatoms. The van der Waals surface area contributed by atoms with Gasteiger partial charge in [0.1, 0.15) is 17.5 Å². The normalized spacial score (nSPS) is 16.7. The van der Waals surface area contributed by atoms with Crippen LogP contribution in [0.1, 0.15) is 19.2 Å². The average molecular weight is 236 g/mol. The molecule has 0 aliphatic carbocycles. The highest BCUT2D eigenvalue weighted by Crippen LogP contribution is 2.17. The minimum absolute atomic E-state index is 0.777. The maximum absolute atomic E-state index is 5.45. The van der Waals surface area contributed by atoms with Crippen LogP contribution in [0.15, 0.2) is 6.07 Å². The van der Waals surface area contributed by atoms with Crippen LogP contribution in [0.4, 0.5) is 11.6 Å². The number of aryl methyl sites for hydroxylation is 1. The van der Waals surface area contributed by atoms with Crippen LogP contribution in [0.3, 0.4) is 0 Å². The maximum atomic E-state index is 5.45. The molecular formula is C12H20N4O. The van der Waals surface area contributed by atoms with E-state index >= 15 is 0 Å². The van der Waals surface area contributed by atoms with Gasteiger partial charge in [-0.15, -0.1) is 0 Å². The number of rotatable bonds is 3. The lowest BCUT2D eigenvalue weighted by Gasteiger charge is -2.21. The first-order valence-corrected chi connectivity index (χ1v) is 6.22. The van der Waals surface area contributed by atoms with Crippen LogP contribution in [0.2, 0.25) is 0 Å². The number of anilines is 2. The Balaban J connectivity index is 2.17. The van der Waals surface area contributed by atoms with Gasteiger partial charge in [-0.05, 0) is 20.3 Å². The summed E-state index contributed by atoms with van der Waals surface area (Å²) < 4.78 is 5.45. The lowest BCUT2D eigenvalue weighted by Crippen LogP contribution is -2.27. The highest BCUT2D eigenvalue weighted by molar-refractivity contribution is 5.49. The van der Waals surface area contributed by atoms with E-state index < -0.39 is 0 Å². The molecule has 1 saturated heterocycles. The molecular weight excluding hydrogens is 216 g/mol. The van der Waals surface area contributed by atoms with Gasteiger partial charge in [0.25, 0.3) is 0 Å². The van der Waals surface area contributed by atoms with Gasteiger partial charge in [-0.3, -0.25) is 0 Å². The molecule has 1 aromatic heterocycles. The fourth-order valence-electron chi connectivity index (χ4n) is 1.96. The third-order valence-electron chi connectivity index (χ3n) is 2.73. The SMILES string of the molecule is CCNc1cc(N2CCCOCC2)nc(C)n1. The summed E-state index contributed by atoms with van der Waals surface area (Å²) in [7, 11) is 0. The van der Waals surface area contributed by atoms with Crippen molar-refractivity contribution >= 4 is 11.6 Å². The molecule has 5 nitrogen and oxygen atoms in total. The van der Waals surface area contributed by atoms with Gasteiger partial charge in [-0.25, -0.2) is 9.97 Å². The van der Waals surface area contributed by atoms with E-state index in [2.05, 4.69) is 27.1 Å². The average Bonchev–Trinajstić information content (AvgIpc) is 2.57. The smallest absolute Gasteiger partial charge is 0.134 e. The minimum atomic E-state index is 0.777. The predicted molar refractivity (Wildman–Crippen MR) is 68.6 cm³/mol. The Labute approximate surface area is 102 Å². The summed E-state index contributed by atoms with van der Waals surface area (Å²) in [6, 6.07) is 2.02. The molecule has 1 aromatic rings. The van der Waals surface area contributed by atoms with E-state index in [1.165, 1.54) is 0 Å². The van der Waals surface area contributed by atoms with Crippen LogP contribution < -0.4 is 10.2 Å². The highest BCUT2D eigenvalue weighted by atomic mass is 16.5. The molecule has 1 N–H and O–H groups in total. The van der Waals surface area contributed by atoms with Crippen molar-refractivity contribution in [2.45, 2.75) is 20.3 Å². The molecule has 0 saturated carbocycles. The number of nitrogens with zero attached hydrogens (tertiary/aromatic N) is 3. The second-order valence-corrected chi connectivity index (χ2v) is 4.14. The van der Waals surface area contributed by atoms with Gasteiger partial charge >= 0.3 is 0 Å². The molecule has 0 bridgehead atoms. The van der Waals surface area contributed by atoms with Crippen molar-refractivity contribution in [2.24, 2.45) is 0 Å². The fourth-order valence-corrected chi connectivity index (χ4v) is 1.96. The topological polar surface area (TPSA) is 50.3 Å². The molecule has 17 heavy (non-hydrogen) atoms. The Hall–Kier alpha value is -1.36. The van der Waals surface area contributed by atoms with Gasteiger partial charge < -0.3 is 15.0 Å². The standard InChI is InChI=1S/C12H20N4O/c1-3-13-11-9-12(15-10(2)14-11)16-5-4-7-17-8-6-16/h9H,3-8H2,1-2H3,(H,13,14,15). The van der Waals surface area contributed by atoms with Gasteiger partial charge in [-0.1, -0.05) is 0 Å². The van der Waals surface area contributed by atoms with Crippen LogP contribution >= 0.6 is 0 Å². The zero-order valence-electron chi connectivity index (χ0n) is 10.6. The summed E-state index contributed by atoms with van der Waals surface area (Å²) in [5, 5.41) is 3.23. The van der Waals surface area contributed by atoms with Crippen LogP contribution in [0, 0.1) is 6.92 Å². The summed E-state index contributed by atoms with van der Waals surface area (Å²) in [6.07, 6.45) is 1.06. The Morgan fingerprint density at radius 3 is 3.06 bits per heavy atom. The summed E-state index contributed by atoms with van der Waals surface area (Å²) >= 11 is 0. The lowest BCUT2D eigenvalue weighted by atomic mass is 10.3. The number of hydrogen-bond acceptors (Lipinski definition) is 5. The van der Waals surface area contributed by atoms with Gasteiger partial charge in [0, 0.05) is 32.3 Å². The van der Waals surface area contributed by atoms with Crippen LogP contribution in [0.25, 0.3) is 0 Å². The van der Waals surface area contributed by atoms with Crippen molar-refractivity contribution in [3.8, 4) is 0 Å². The van der Waals surface area contributed by atoms with E-state index in [1.54, 1.807) is 0 Å². The van der Waals surface area contributed by atoms with Crippen molar-refractivity contribution in [3.63, 3.8) is 0 Å². The molecule has 0 atom stereocenters. The first kappa shape index (κ1) is 12.1. The van der Waals surface area contributed by atoms with Crippen molar-refractivity contribution in [1.82, 2.24) is 9.97 Å². The van der Waals surface area contributed by atoms with E-state index in [-0.39, 0.29) is 0 Å². The first-order chi connectivity index (χ1) is 8.29. The van der Waals surface area contributed by atoms with Gasteiger partial charge in [-0.2, -0.15) is 0 Å². The van der Waals surface area contributed by atoms with Crippen LogP contribution in [-0.4, -0.2) is 42.8 Å². The Kier molecular flexibility index (Phi) is 4.14. The first-order valence-electron chi connectivity index (χ1n) is 6.22. The molecule has 0 unspecified atom stereocenters. The zero-order valence-corrected chi connectivity index (χ0v) is 10.6. The summed E-state index contributed by atoms with van der Waals surface area (Å²) in [6.45, 7) is 8.40. The Morgan fingerprint density at radius 2 is 2.24 bits per heavy atom. The van der Waals surface area contributed by atoms with Crippen molar-refractivity contribution in [1.29, 1.82) is 0 Å². The zero-order chi connectivity index (χ0) is 12.1. The van der Waals surface area contributed by atoms with Crippen LogP contribution in [-0.2, 0) is 4.74 Å². The monoisotopic (exact) mass is 236 g/mol.